The van der Waals surface area contributed by atoms with Crippen LogP contribution < -0.4 is 9.47 Å². The molecule has 0 atom stereocenters. The van der Waals surface area contributed by atoms with Crippen LogP contribution in [-0.4, -0.2) is 19.2 Å². The summed E-state index contributed by atoms with van der Waals surface area (Å²) in [6.45, 7) is 3.57. The Labute approximate surface area is 132 Å². The Bertz CT molecular complexity index is 789. The van der Waals surface area contributed by atoms with Crippen LogP contribution in [0.4, 0.5) is 13.2 Å². The summed E-state index contributed by atoms with van der Waals surface area (Å²) in [6.07, 6.45) is 0.725. The van der Waals surface area contributed by atoms with Crippen LogP contribution in [0, 0.1) is 12.3 Å². The fourth-order valence-electron chi connectivity index (χ4n) is 2.57. The van der Waals surface area contributed by atoms with E-state index in [0.717, 1.165) is 0 Å². The summed E-state index contributed by atoms with van der Waals surface area (Å²) in [5, 5.41) is 0.526. The average molecular weight is 323 g/mol. The van der Waals surface area contributed by atoms with E-state index < -0.39 is 11.9 Å². The molecule has 1 heterocycles. The van der Waals surface area contributed by atoms with Gasteiger partial charge in [-0.25, -0.2) is 4.98 Å². The number of halogens is 3. The van der Waals surface area contributed by atoms with Gasteiger partial charge >= 0.3 is 6.18 Å². The van der Waals surface area contributed by atoms with E-state index in [9.17, 15) is 13.2 Å². The summed E-state index contributed by atoms with van der Waals surface area (Å²) in [4.78, 5) is 3.74. The minimum Gasteiger partial charge on any atom is -0.493 e. The van der Waals surface area contributed by atoms with Crippen molar-refractivity contribution in [3.63, 3.8) is 0 Å². The average Bonchev–Trinajstić information content (AvgIpc) is 2.50. The molecule has 0 aliphatic carbocycles. The minimum atomic E-state index is -4.63. The highest BCUT2D eigenvalue weighted by atomic mass is 19.4. The Balaban J connectivity index is 3.01. The maximum atomic E-state index is 13.3. The molecular formula is C17H16F3NO2. The second-order valence-electron chi connectivity index (χ2n) is 5.27. The van der Waals surface area contributed by atoms with Crippen molar-refractivity contribution in [3.8, 4) is 23.8 Å². The normalized spacial score (nSPS) is 11.6. The van der Waals surface area contributed by atoms with Gasteiger partial charge in [0.15, 0.2) is 17.2 Å². The van der Waals surface area contributed by atoms with Crippen molar-refractivity contribution in [1.82, 2.24) is 4.98 Å². The Morgan fingerprint density at radius 2 is 1.70 bits per heavy atom. The van der Waals surface area contributed by atoms with Gasteiger partial charge in [-0.3, -0.25) is 0 Å². The van der Waals surface area contributed by atoms with E-state index in [-0.39, 0.29) is 17.0 Å². The van der Waals surface area contributed by atoms with E-state index in [1.807, 2.05) is 0 Å². The largest absolute Gasteiger partial charge is 0.493 e. The molecule has 2 aromatic rings. The number of nitrogens with zero attached hydrogens (tertiary/aromatic N) is 1. The Kier molecular flexibility index (Phi) is 4.42. The van der Waals surface area contributed by atoms with Crippen LogP contribution in [0.1, 0.15) is 36.6 Å². The van der Waals surface area contributed by atoms with Crippen molar-refractivity contribution < 1.29 is 22.6 Å². The van der Waals surface area contributed by atoms with Crippen LogP contribution >= 0.6 is 0 Å². The molecule has 0 unspecified atom stereocenters. The lowest BCUT2D eigenvalue weighted by atomic mass is 9.91. The van der Waals surface area contributed by atoms with E-state index in [2.05, 4.69) is 10.9 Å². The molecule has 3 nitrogen and oxygen atoms in total. The van der Waals surface area contributed by atoms with E-state index in [0.29, 0.717) is 22.4 Å². The quantitative estimate of drug-likeness (QED) is 0.786. The molecule has 0 aliphatic rings. The Morgan fingerprint density at radius 1 is 1.13 bits per heavy atom. The highest BCUT2D eigenvalue weighted by Gasteiger charge is 2.37. The maximum absolute atomic E-state index is 13.3. The second-order valence-corrected chi connectivity index (χ2v) is 5.27. The van der Waals surface area contributed by atoms with Crippen molar-refractivity contribution in [2.75, 3.05) is 14.2 Å². The molecule has 6 heteroatoms. The number of ether oxygens (including phenoxy) is 2. The van der Waals surface area contributed by atoms with Gasteiger partial charge < -0.3 is 9.47 Å². The first-order chi connectivity index (χ1) is 10.7. The smallest absolute Gasteiger partial charge is 0.434 e. The number of pyridine rings is 1. The molecule has 0 saturated heterocycles. The number of alkyl halides is 3. The van der Waals surface area contributed by atoms with Gasteiger partial charge in [-0.15, -0.1) is 6.42 Å². The van der Waals surface area contributed by atoms with Gasteiger partial charge in [-0.05, 0) is 17.5 Å². The fraction of sp³-hybridized carbons (Fsp3) is 0.353. The van der Waals surface area contributed by atoms with Gasteiger partial charge in [-0.1, -0.05) is 19.8 Å². The summed E-state index contributed by atoms with van der Waals surface area (Å²) in [6, 6.07) is 3.03. The summed E-state index contributed by atoms with van der Waals surface area (Å²) in [5.41, 5.74) is -0.695. The number of hydrogen-bond acceptors (Lipinski definition) is 3. The second kappa shape index (κ2) is 5.99. The molecule has 122 valence electrons. The Morgan fingerprint density at radius 3 is 2.13 bits per heavy atom. The molecule has 0 radical (unpaired) electrons. The summed E-state index contributed by atoms with van der Waals surface area (Å²) < 4.78 is 50.3. The van der Waals surface area contributed by atoms with E-state index in [4.69, 9.17) is 15.9 Å². The van der Waals surface area contributed by atoms with Gasteiger partial charge in [0, 0.05) is 11.5 Å². The van der Waals surface area contributed by atoms with Crippen molar-refractivity contribution in [1.29, 1.82) is 0 Å². The van der Waals surface area contributed by atoms with E-state index in [1.165, 1.54) is 20.3 Å². The maximum Gasteiger partial charge on any atom is 0.434 e. The molecule has 2 rings (SSSR count). The predicted molar refractivity (Wildman–Crippen MR) is 81.9 cm³/mol. The molecule has 1 aromatic carbocycles. The zero-order valence-corrected chi connectivity index (χ0v) is 13.2. The summed E-state index contributed by atoms with van der Waals surface area (Å²) in [5.74, 6) is 2.66. The number of rotatable bonds is 3. The van der Waals surface area contributed by atoms with Gasteiger partial charge in [0.1, 0.15) is 0 Å². The lowest BCUT2D eigenvalue weighted by Gasteiger charge is -2.19. The highest BCUT2D eigenvalue weighted by Crippen LogP contribution is 2.40. The third kappa shape index (κ3) is 2.91. The topological polar surface area (TPSA) is 31.4 Å². The van der Waals surface area contributed by atoms with Crippen LogP contribution in [0.25, 0.3) is 10.9 Å². The predicted octanol–water partition coefficient (Wildman–Crippen LogP) is 4.38. The van der Waals surface area contributed by atoms with Gasteiger partial charge in [0.25, 0.3) is 0 Å². The minimum absolute atomic E-state index is 0.165. The summed E-state index contributed by atoms with van der Waals surface area (Å²) in [7, 11) is 2.87. The number of terminal acetylenes is 1. The van der Waals surface area contributed by atoms with E-state index in [1.54, 1.807) is 19.9 Å². The van der Waals surface area contributed by atoms with Crippen LogP contribution in [0.2, 0.25) is 0 Å². The van der Waals surface area contributed by atoms with Crippen LogP contribution in [-0.2, 0) is 6.18 Å². The van der Waals surface area contributed by atoms with Gasteiger partial charge in [0.2, 0.25) is 0 Å². The molecule has 0 amide bonds. The summed E-state index contributed by atoms with van der Waals surface area (Å²) >= 11 is 0. The molecule has 0 N–H and O–H groups in total. The molecular weight excluding hydrogens is 307 g/mol. The van der Waals surface area contributed by atoms with E-state index >= 15 is 0 Å². The molecule has 0 saturated carbocycles. The molecule has 0 aliphatic heterocycles. The van der Waals surface area contributed by atoms with Crippen molar-refractivity contribution in [2.45, 2.75) is 25.9 Å². The molecule has 0 fully saturated rings. The zero-order chi connectivity index (χ0) is 17.4. The number of methoxy groups -OCH3 is 2. The first-order valence-electron chi connectivity index (χ1n) is 6.88. The highest BCUT2D eigenvalue weighted by molar-refractivity contribution is 5.88. The molecule has 0 spiro atoms. The van der Waals surface area contributed by atoms with Gasteiger partial charge in [0.05, 0.1) is 25.3 Å². The molecule has 1 aromatic heterocycles. The van der Waals surface area contributed by atoms with Crippen molar-refractivity contribution in [2.24, 2.45) is 0 Å². The van der Waals surface area contributed by atoms with Crippen molar-refractivity contribution in [3.05, 3.63) is 29.0 Å². The van der Waals surface area contributed by atoms with Gasteiger partial charge in [-0.2, -0.15) is 13.2 Å². The van der Waals surface area contributed by atoms with Crippen LogP contribution in [0.15, 0.2) is 12.1 Å². The SMILES string of the molecule is C#Cc1c(C(F)(F)F)nc2cc(OC)c(OC)cc2c1C(C)C. The molecule has 0 bridgehead atoms. The standard InChI is InChI=1S/C17H16F3NO2/c1-6-10-15(9(2)3)11-7-13(22-4)14(23-5)8-12(11)21-16(10)17(18,19)20/h1,7-9H,2-5H3. The number of aromatic nitrogens is 1. The number of benzene rings is 1. The monoisotopic (exact) mass is 323 g/mol. The molecule has 23 heavy (non-hydrogen) atoms. The lowest BCUT2D eigenvalue weighted by molar-refractivity contribution is -0.141. The third-order valence-electron chi connectivity index (χ3n) is 3.52. The number of fused-ring (bicyclic) bond motifs is 1. The van der Waals surface area contributed by atoms with Crippen molar-refractivity contribution >= 4 is 10.9 Å². The number of hydrogen-bond donors (Lipinski definition) is 0. The third-order valence-corrected chi connectivity index (χ3v) is 3.52. The zero-order valence-electron chi connectivity index (χ0n) is 13.2. The first-order valence-corrected chi connectivity index (χ1v) is 6.88. The first kappa shape index (κ1) is 16.9. The van der Waals surface area contributed by atoms with Crippen LogP contribution in [0.5, 0.6) is 11.5 Å². The lowest BCUT2D eigenvalue weighted by Crippen LogP contribution is -2.14. The fourth-order valence-corrected chi connectivity index (χ4v) is 2.57. The Hall–Kier alpha value is -2.42. The van der Waals surface area contributed by atoms with Crippen LogP contribution in [0.3, 0.4) is 0 Å².